The summed E-state index contributed by atoms with van der Waals surface area (Å²) in [6.07, 6.45) is 10.2. The zero-order valence-corrected chi connectivity index (χ0v) is 61.9. The Morgan fingerprint density at radius 3 is 1.65 bits per heavy atom. The van der Waals surface area contributed by atoms with Crippen molar-refractivity contribution in [2.24, 2.45) is 17.9 Å². The summed E-state index contributed by atoms with van der Waals surface area (Å²) in [6.45, 7) is 8.19. The van der Waals surface area contributed by atoms with Gasteiger partial charge in [-0.2, -0.15) is 5.10 Å². The number of hydrogen-bond donors (Lipinski definition) is 4. The molecule has 2 spiro atoms. The molecule has 0 saturated carbocycles. The van der Waals surface area contributed by atoms with Crippen molar-refractivity contribution < 1.29 is 51.1 Å². The molecule has 32 heteroatoms. The summed E-state index contributed by atoms with van der Waals surface area (Å²) in [6, 6.07) is 24.5. The number of anilines is 5. The van der Waals surface area contributed by atoms with E-state index >= 15 is 17.6 Å². The number of amides is 8. The van der Waals surface area contributed by atoms with Crippen LogP contribution in [0.4, 0.5) is 49.8 Å². The van der Waals surface area contributed by atoms with Crippen LogP contribution in [0, 0.1) is 22.5 Å². The number of rotatable bonds is 16. The van der Waals surface area contributed by atoms with Gasteiger partial charge in [-0.3, -0.25) is 59.2 Å². The standard InChI is InChI=1S/C49H47F3N12O5S.C30H28FN7O2S/c1-58-38-19-29(6-9-32(38)43(57-58)63-15-11-39(65)55-47(63)69)35-10-14-59(26-49(35,51)52)21-40(66)62-24-48(25-62)22-61(23-48)31-7-4-28(5-8-31)30-17-33-34(36(50)18-30)20-64(45(33)68)42(44(67)56-46-53-12-16-70-46)41-37-3-2-13-60(37)27-54-41;31-23-11-19(18-3-5-20(6-4-18)37-15-30(16-37)13-32-14-30)10-21-22(23)12-38(28(21)40)26(27(39)35-29-33-7-9-41-29)25-24-2-1-8-36(24)17-34-25/h4-9,12,16-19,27,35,42H,2-3,10-11,13-15,20-26H2,1H3,(H,53,56,67)(H,55,65,69);3-7,9-11,17,26,32H,1-2,8,12-16H2,(H,33,35,39)/t35-,42?;/m1./s1. The van der Waals surface area contributed by atoms with Gasteiger partial charge in [0.15, 0.2) is 28.2 Å². The molecule has 2 unspecified atom stereocenters. The van der Waals surface area contributed by atoms with Crippen LogP contribution in [0.3, 0.4) is 0 Å². The summed E-state index contributed by atoms with van der Waals surface area (Å²) < 4.78 is 68.9. The number of piperidine rings is 1. The quantitative estimate of drug-likeness (QED) is 0.0656. The molecule has 6 fully saturated rings. The van der Waals surface area contributed by atoms with Crippen LogP contribution in [0.15, 0.2) is 127 Å². The maximum Gasteiger partial charge on any atom is 0.329 e. The summed E-state index contributed by atoms with van der Waals surface area (Å²) >= 11 is 2.56. The van der Waals surface area contributed by atoms with Gasteiger partial charge < -0.3 is 39.0 Å². The first-order chi connectivity index (χ1) is 53.7. The first-order valence-electron chi connectivity index (χ1n) is 37.3. The van der Waals surface area contributed by atoms with Crippen LogP contribution < -0.4 is 36.0 Å². The maximum absolute atomic E-state index is 16.0. The molecule has 0 radical (unpaired) electrons. The molecule has 15 heterocycles. The van der Waals surface area contributed by atoms with Gasteiger partial charge in [0.05, 0.1) is 61.7 Å². The Bertz CT molecular complexity index is 5450. The van der Waals surface area contributed by atoms with Gasteiger partial charge in [0, 0.05) is 170 Å². The summed E-state index contributed by atoms with van der Waals surface area (Å²) in [7, 11) is 1.69. The second-order valence-corrected chi connectivity index (χ2v) is 32.8. The lowest BCUT2D eigenvalue weighted by molar-refractivity contribution is -0.149. The van der Waals surface area contributed by atoms with Gasteiger partial charge in [-0.15, -0.1) is 22.7 Å². The van der Waals surface area contributed by atoms with E-state index in [0.29, 0.717) is 85.7 Å². The first-order valence-corrected chi connectivity index (χ1v) is 39.1. The number of aromatic nitrogens is 8. The molecular formula is C79H75F4N19O7S2. The van der Waals surface area contributed by atoms with E-state index < -0.39 is 65.9 Å². The Kier molecular flexibility index (Phi) is 17.1. The minimum atomic E-state index is -3.10. The summed E-state index contributed by atoms with van der Waals surface area (Å²) in [4.78, 5) is 123. The Hall–Kier alpha value is -11.2. The highest BCUT2D eigenvalue weighted by Gasteiger charge is 2.55. The zero-order valence-electron chi connectivity index (χ0n) is 60.3. The topological polar surface area (TPSA) is 270 Å². The van der Waals surface area contributed by atoms with E-state index in [1.165, 1.54) is 49.5 Å². The monoisotopic (exact) mass is 1540 g/mol. The molecule has 8 amide bonds. The van der Waals surface area contributed by atoms with Gasteiger partial charge in [0.1, 0.15) is 11.6 Å². The van der Waals surface area contributed by atoms with Crippen molar-refractivity contribution >= 4 is 103 Å². The van der Waals surface area contributed by atoms with Gasteiger partial charge in [0.25, 0.3) is 29.6 Å². The molecule has 0 aliphatic carbocycles. The van der Waals surface area contributed by atoms with Crippen LogP contribution >= 0.6 is 22.7 Å². The van der Waals surface area contributed by atoms with Gasteiger partial charge in [-0.25, -0.2) is 42.3 Å². The average molecular weight is 1540 g/mol. The smallest absolute Gasteiger partial charge is 0.329 e. The number of alkyl halides is 2. The molecule has 111 heavy (non-hydrogen) atoms. The van der Waals surface area contributed by atoms with Crippen LogP contribution in [-0.4, -0.2) is 184 Å². The fourth-order valence-corrected chi connectivity index (χ4v) is 19.1. The normalized spacial score (nSPS) is 20.2. The SMILES string of the molecule is Cn1nc(N2CCC(=O)NC2=O)c2ccc([C@H]3CCN(CC(=O)N4CC5(C4)CN(c4ccc(-c6cc(F)c7c(c6)C(=O)N(C(C(=O)Nc6nccs6)c6ncn8c6CCC8)C7)cc4)C5)CC3(F)F)cc21.O=C(Nc1nccs1)C(c1ncn2c1CCC2)N1Cc2c(F)cc(-c3ccc(N4CC5(CNC5)C4)cc3)cc2C1=O. The number of fused-ring (bicyclic) bond motifs is 5. The van der Waals surface area contributed by atoms with E-state index in [2.05, 4.69) is 68.2 Å². The zero-order chi connectivity index (χ0) is 75.9. The Labute approximate surface area is 641 Å². The molecule has 3 atom stereocenters. The molecule has 20 rings (SSSR count). The second kappa shape index (κ2) is 27.1. The number of imide groups is 1. The summed E-state index contributed by atoms with van der Waals surface area (Å²) in [5.74, 6) is -7.00. The molecule has 10 aromatic rings. The Balaban J connectivity index is 0.000000172. The number of aryl methyl sites for hydroxylation is 3. The Morgan fingerprint density at radius 2 is 1.15 bits per heavy atom. The molecule has 568 valence electrons. The summed E-state index contributed by atoms with van der Waals surface area (Å²) in [5, 5.41) is 20.8. The highest BCUT2D eigenvalue weighted by atomic mass is 32.1. The molecule has 4 N–H and O–H groups in total. The van der Waals surface area contributed by atoms with Crippen LogP contribution in [0.1, 0.15) is 104 Å². The van der Waals surface area contributed by atoms with Crippen LogP contribution in [0.5, 0.6) is 0 Å². The minimum Gasteiger partial charge on any atom is -0.370 e. The molecule has 6 saturated heterocycles. The van der Waals surface area contributed by atoms with Gasteiger partial charge in [-0.1, -0.05) is 30.3 Å². The van der Waals surface area contributed by atoms with Crippen molar-refractivity contribution in [2.75, 3.05) is 104 Å². The lowest BCUT2D eigenvalue weighted by Crippen LogP contribution is -2.73. The number of carbonyl (C=O) groups excluding carboxylic acids is 7. The number of likely N-dealkylation sites (tertiary alicyclic amines) is 2. The van der Waals surface area contributed by atoms with E-state index in [9.17, 15) is 33.6 Å². The van der Waals surface area contributed by atoms with E-state index in [1.54, 1.807) is 87.7 Å². The van der Waals surface area contributed by atoms with Crippen molar-refractivity contribution in [1.82, 2.24) is 69.1 Å². The predicted molar refractivity (Wildman–Crippen MR) is 405 cm³/mol. The lowest BCUT2D eigenvalue weighted by Gasteiger charge is -2.61. The van der Waals surface area contributed by atoms with E-state index in [1.807, 2.05) is 45.5 Å². The maximum atomic E-state index is 16.0. The molecule has 10 aliphatic heterocycles. The third kappa shape index (κ3) is 12.4. The molecule has 0 bridgehead atoms. The number of carbonyl (C=O) groups is 7. The largest absolute Gasteiger partial charge is 0.370 e. The number of halogens is 4. The van der Waals surface area contributed by atoms with Crippen molar-refractivity contribution in [1.29, 1.82) is 0 Å². The highest BCUT2D eigenvalue weighted by Crippen LogP contribution is 2.47. The number of imidazole rings is 2. The first kappa shape index (κ1) is 70.2. The molecule has 26 nitrogen and oxygen atoms in total. The van der Waals surface area contributed by atoms with E-state index in [-0.39, 0.29) is 78.8 Å². The van der Waals surface area contributed by atoms with Crippen LogP contribution in [0.2, 0.25) is 0 Å². The van der Waals surface area contributed by atoms with Crippen LogP contribution in [0.25, 0.3) is 33.2 Å². The van der Waals surface area contributed by atoms with E-state index in [4.69, 9.17) is 0 Å². The van der Waals surface area contributed by atoms with Crippen molar-refractivity contribution in [3.8, 4) is 22.3 Å². The number of urea groups is 1. The van der Waals surface area contributed by atoms with Gasteiger partial charge in [0.2, 0.25) is 11.8 Å². The lowest BCUT2D eigenvalue weighted by atomic mass is 9.72. The van der Waals surface area contributed by atoms with Crippen molar-refractivity contribution in [3.05, 3.63) is 189 Å². The average Bonchev–Trinajstić information content (AvgIpc) is 1.67. The third-order valence-electron chi connectivity index (χ3n) is 23.8. The number of hydrogen-bond acceptors (Lipinski definition) is 18. The molecule has 5 aromatic heterocycles. The van der Waals surface area contributed by atoms with Crippen molar-refractivity contribution in [2.45, 2.75) is 88.6 Å². The fraction of sp³-hybridized carbons (Fsp3) is 0.367. The molecular weight excluding hydrogens is 1470 g/mol. The van der Waals surface area contributed by atoms with Gasteiger partial charge >= 0.3 is 6.03 Å². The molecule has 5 aromatic carbocycles. The number of nitrogens with zero attached hydrogens (tertiary/aromatic N) is 15. The van der Waals surface area contributed by atoms with Gasteiger partial charge in [-0.05, 0) is 127 Å². The predicted octanol–water partition coefficient (Wildman–Crippen LogP) is 9.37. The number of nitrogens with one attached hydrogen (secondary N) is 4. The number of benzene rings is 5. The summed E-state index contributed by atoms with van der Waals surface area (Å²) in [5.41, 5.74) is 10.1. The Morgan fingerprint density at radius 1 is 0.613 bits per heavy atom. The van der Waals surface area contributed by atoms with Crippen LogP contribution in [-0.2, 0) is 65.2 Å². The second-order valence-electron chi connectivity index (χ2n) is 31.0. The van der Waals surface area contributed by atoms with E-state index in [0.717, 1.165) is 112 Å². The third-order valence-corrected chi connectivity index (χ3v) is 25.2. The fourth-order valence-electron chi connectivity index (χ4n) is 18.1. The molecule has 10 aliphatic rings. The minimum absolute atomic E-state index is 0.00690. The van der Waals surface area contributed by atoms with Crippen molar-refractivity contribution in [3.63, 3.8) is 0 Å². The highest BCUT2D eigenvalue weighted by molar-refractivity contribution is 7.14. The number of thiazole rings is 2.